The Kier molecular flexibility index (Phi) is 3.79. The molecule has 136 valence electrons. The van der Waals surface area contributed by atoms with Crippen LogP contribution in [-0.4, -0.2) is 34.9 Å². The van der Waals surface area contributed by atoms with Gasteiger partial charge in [0.15, 0.2) is 0 Å². The molecule has 3 aromatic rings. The maximum Gasteiger partial charge on any atom is 0.260 e. The minimum absolute atomic E-state index is 0.146. The number of hydrogen-bond donors (Lipinski definition) is 2. The highest BCUT2D eigenvalue weighted by Gasteiger charge is 2.35. The van der Waals surface area contributed by atoms with E-state index in [0.29, 0.717) is 27.4 Å². The van der Waals surface area contributed by atoms with Gasteiger partial charge >= 0.3 is 0 Å². The zero-order valence-corrected chi connectivity index (χ0v) is 14.4. The van der Waals surface area contributed by atoms with Crippen LogP contribution in [0.4, 0.5) is 20.4 Å². The number of nitrogen functional groups attached to an aromatic ring is 1. The van der Waals surface area contributed by atoms with Gasteiger partial charge in [0.2, 0.25) is 5.95 Å². The number of rotatable bonds is 3. The van der Waals surface area contributed by atoms with Gasteiger partial charge in [-0.25, -0.2) is 18.7 Å². The first-order valence-corrected chi connectivity index (χ1v) is 8.72. The fraction of sp³-hybridized carbons (Fsp3) is 0.312. The van der Waals surface area contributed by atoms with E-state index in [9.17, 15) is 13.6 Å². The molecule has 26 heavy (non-hydrogen) atoms. The summed E-state index contributed by atoms with van der Waals surface area (Å²) < 4.78 is 32.0. The van der Waals surface area contributed by atoms with Gasteiger partial charge in [0.1, 0.15) is 9.71 Å². The fourth-order valence-electron chi connectivity index (χ4n) is 2.98. The van der Waals surface area contributed by atoms with Crippen molar-refractivity contribution in [3.63, 3.8) is 0 Å². The van der Waals surface area contributed by atoms with Crippen molar-refractivity contribution in [2.24, 2.45) is 5.73 Å². The van der Waals surface area contributed by atoms with Crippen LogP contribution in [0.2, 0.25) is 0 Å². The van der Waals surface area contributed by atoms with Crippen molar-refractivity contribution in [2.75, 3.05) is 23.7 Å². The van der Waals surface area contributed by atoms with E-state index in [2.05, 4.69) is 9.97 Å². The maximum absolute atomic E-state index is 13.4. The van der Waals surface area contributed by atoms with Crippen LogP contribution >= 0.6 is 11.3 Å². The quantitative estimate of drug-likeness (QED) is 0.724. The number of amides is 1. The summed E-state index contributed by atoms with van der Waals surface area (Å²) in [5.74, 6) is -3.00. The number of nitrogens with two attached hydrogens (primary N) is 2. The van der Waals surface area contributed by atoms with Gasteiger partial charge in [-0.1, -0.05) is 0 Å². The second-order valence-electron chi connectivity index (χ2n) is 6.12. The smallest absolute Gasteiger partial charge is 0.260 e. The monoisotopic (exact) mass is 379 g/mol. The molecule has 3 aromatic heterocycles. The zero-order valence-electron chi connectivity index (χ0n) is 13.5. The van der Waals surface area contributed by atoms with Crippen LogP contribution in [0, 0.1) is 0 Å². The van der Waals surface area contributed by atoms with Crippen LogP contribution in [0.1, 0.15) is 22.5 Å². The lowest BCUT2D eigenvalue weighted by atomic mass is 10.1. The van der Waals surface area contributed by atoms with Crippen molar-refractivity contribution in [2.45, 2.75) is 18.8 Å². The van der Waals surface area contributed by atoms with E-state index in [4.69, 9.17) is 15.9 Å². The second-order valence-corrected chi connectivity index (χ2v) is 7.12. The van der Waals surface area contributed by atoms with Crippen molar-refractivity contribution in [3.8, 4) is 11.3 Å². The van der Waals surface area contributed by atoms with Crippen molar-refractivity contribution in [1.82, 2.24) is 9.97 Å². The number of aromatic nitrogens is 2. The molecule has 4 rings (SSSR count). The van der Waals surface area contributed by atoms with Crippen LogP contribution < -0.4 is 16.4 Å². The van der Waals surface area contributed by atoms with Gasteiger partial charge in [-0.05, 0) is 6.07 Å². The van der Waals surface area contributed by atoms with Gasteiger partial charge in [-0.3, -0.25) is 4.79 Å². The van der Waals surface area contributed by atoms with E-state index >= 15 is 0 Å². The van der Waals surface area contributed by atoms with Gasteiger partial charge in [0, 0.05) is 31.5 Å². The Morgan fingerprint density at radius 2 is 2.04 bits per heavy atom. The third kappa shape index (κ3) is 2.75. The largest absolute Gasteiger partial charge is 0.472 e. The van der Waals surface area contributed by atoms with E-state index in [1.807, 2.05) is 0 Å². The summed E-state index contributed by atoms with van der Waals surface area (Å²) in [4.78, 5) is 23.0. The number of alkyl halides is 2. The molecule has 4 heterocycles. The molecule has 1 amide bonds. The number of halogens is 2. The molecule has 4 N–H and O–H groups in total. The van der Waals surface area contributed by atoms with Gasteiger partial charge < -0.3 is 20.8 Å². The SMILES string of the molecule is NC(=O)c1sc2nc(N3CCC(F)(F)CC3)nc(-c3ccoc3)c2c1N. The normalized spacial score (nSPS) is 16.9. The molecule has 1 saturated heterocycles. The Bertz CT molecular complexity index is 976. The van der Waals surface area contributed by atoms with Crippen LogP contribution in [0.3, 0.4) is 0 Å². The third-order valence-electron chi connectivity index (χ3n) is 4.37. The first-order valence-electron chi connectivity index (χ1n) is 7.91. The average Bonchev–Trinajstić information content (AvgIpc) is 3.22. The number of carbonyl (C=O) groups is 1. The van der Waals surface area contributed by atoms with Gasteiger partial charge in [-0.2, -0.15) is 0 Å². The van der Waals surface area contributed by atoms with E-state index in [-0.39, 0.29) is 36.5 Å². The second kappa shape index (κ2) is 5.90. The molecular formula is C16H15F2N5O2S. The number of fused-ring (bicyclic) bond motifs is 1. The number of nitrogens with zero attached hydrogens (tertiary/aromatic N) is 3. The molecule has 10 heteroatoms. The van der Waals surface area contributed by atoms with Crippen LogP contribution in [-0.2, 0) is 0 Å². The van der Waals surface area contributed by atoms with Crippen molar-refractivity contribution >= 4 is 39.1 Å². The highest BCUT2D eigenvalue weighted by Crippen LogP contribution is 2.40. The summed E-state index contributed by atoms with van der Waals surface area (Å²) >= 11 is 1.07. The first-order chi connectivity index (χ1) is 12.4. The van der Waals surface area contributed by atoms with Crippen LogP contribution in [0.15, 0.2) is 23.0 Å². The van der Waals surface area contributed by atoms with Crippen LogP contribution in [0.25, 0.3) is 21.5 Å². The standard InChI is InChI=1S/C16H15F2N5O2S/c17-16(18)2-4-23(5-3-16)15-21-11(8-1-6-25-7-8)9-10(19)12(13(20)24)26-14(9)22-15/h1,6-7H,2-5,19H2,(H2,20,24). The first kappa shape index (κ1) is 16.7. The minimum atomic E-state index is -2.67. The highest BCUT2D eigenvalue weighted by atomic mass is 32.1. The van der Waals surface area contributed by atoms with Gasteiger partial charge in [0.05, 0.1) is 29.3 Å². The molecule has 0 aromatic carbocycles. The molecule has 1 fully saturated rings. The summed E-state index contributed by atoms with van der Waals surface area (Å²) in [7, 11) is 0. The number of piperidine rings is 1. The topological polar surface area (TPSA) is 111 Å². The molecule has 0 unspecified atom stereocenters. The molecule has 0 bridgehead atoms. The molecular weight excluding hydrogens is 364 g/mol. The Balaban J connectivity index is 1.87. The average molecular weight is 379 g/mol. The minimum Gasteiger partial charge on any atom is -0.472 e. The predicted octanol–water partition coefficient (Wildman–Crippen LogP) is 2.87. The molecule has 0 radical (unpaired) electrons. The van der Waals surface area contributed by atoms with Crippen molar-refractivity contribution < 1.29 is 18.0 Å². The number of primary amides is 1. The number of anilines is 2. The molecule has 0 spiro atoms. The molecule has 0 atom stereocenters. The molecule has 7 nitrogen and oxygen atoms in total. The maximum atomic E-state index is 13.4. The van der Waals surface area contributed by atoms with E-state index in [0.717, 1.165) is 11.3 Å². The third-order valence-corrected chi connectivity index (χ3v) is 5.49. The number of hydrogen-bond acceptors (Lipinski definition) is 7. The summed E-state index contributed by atoms with van der Waals surface area (Å²) in [6, 6.07) is 1.71. The van der Waals surface area contributed by atoms with Gasteiger partial charge in [-0.15, -0.1) is 11.3 Å². The Hall–Kier alpha value is -2.75. The molecule has 1 aliphatic rings. The lowest BCUT2D eigenvalue weighted by Crippen LogP contribution is -2.40. The molecule has 1 aliphatic heterocycles. The zero-order chi connectivity index (χ0) is 18.5. The molecule has 0 saturated carbocycles. The number of thiophene rings is 1. The summed E-state index contributed by atoms with van der Waals surface area (Å²) in [5.41, 5.74) is 12.8. The van der Waals surface area contributed by atoms with E-state index in [1.165, 1.54) is 12.5 Å². The van der Waals surface area contributed by atoms with Crippen molar-refractivity contribution in [1.29, 1.82) is 0 Å². The number of furan rings is 1. The Labute approximate surface area is 150 Å². The fourth-order valence-corrected chi connectivity index (χ4v) is 3.92. The highest BCUT2D eigenvalue weighted by molar-refractivity contribution is 7.21. The van der Waals surface area contributed by atoms with E-state index < -0.39 is 11.8 Å². The summed E-state index contributed by atoms with van der Waals surface area (Å²) in [6.07, 6.45) is 2.47. The Morgan fingerprint density at radius 3 is 2.65 bits per heavy atom. The van der Waals surface area contributed by atoms with Crippen LogP contribution in [0.5, 0.6) is 0 Å². The lowest BCUT2D eigenvalue weighted by Gasteiger charge is -2.31. The predicted molar refractivity (Wildman–Crippen MR) is 94.4 cm³/mol. The summed E-state index contributed by atoms with van der Waals surface area (Å²) in [6.45, 7) is 0.291. The van der Waals surface area contributed by atoms with Crippen molar-refractivity contribution in [3.05, 3.63) is 23.5 Å². The molecule has 0 aliphatic carbocycles. The van der Waals surface area contributed by atoms with E-state index in [1.54, 1.807) is 11.0 Å². The van der Waals surface area contributed by atoms with Gasteiger partial charge in [0.25, 0.3) is 11.8 Å². The number of carbonyl (C=O) groups excluding carboxylic acids is 1. The Morgan fingerprint density at radius 1 is 1.31 bits per heavy atom. The summed E-state index contributed by atoms with van der Waals surface area (Å²) in [5, 5.41) is 0.510. The lowest BCUT2D eigenvalue weighted by molar-refractivity contribution is -0.0222.